The first-order chi connectivity index (χ1) is 9.33. The summed E-state index contributed by atoms with van der Waals surface area (Å²) < 4.78 is 2.07. The van der Waals surface area contributed by atoms with Crippen LogP contribution in [0.5, 0.6) is 0 Å². The molecule has 1 saturated heterocycles. The largest absolute Gasteiger partial charge is 0.313 e. The van der Waals surface area contributed by atoms with E-state index in [1.807, 2.05) is 24.4 Å². The average Bonchev–Trinajstić information content (AvgIpc) is 2.85. The zero-order valence-electron chi connectivity index (χ0n) is 11.4. The number of fused-ring (bicyclic) bond motifs is 1. The Morgan fingerprint density at radius 1 is 1.26 bits per heavy atom. The fourth-order valence-electron chi connectivity index (χ4n) is 2.66. The minimum atomic E-state index is 0.662. The van der Waals surface area contributed by atoms with Gasteiger partial charge in [0, 0.05) is 25.2 Å². The third kappa shape index (κ3) is 2.93. The molecule has 2 aromatic heterocycles. The van der Waals surface area contributed by atoms with Gasteiger partial charge >= 0.3 is 0 Å². The molecule has 3 rings (SSSR count). The number of nitrogens with zero attached hydrogens (tertiary/aromatic N) is 4. The molecule has 0 radical (unpaired) electrons. The van der Waals surface area contributed by atoms with Crippen LogP contribution in [0.3, 0.4) is 0 Å². The fraction of sp³-hybridized carbons (Fsp3) is 0.571. The Kier molecular flexibility index (Phi) is 3.75. The van der Waals surface area contributed by atoms with Gasteiger partial charge in [-0.25, -0.2) is 0 Å². The van der Waals surface area contributed by atoms with Crippen molar-refractivity contribution in [3.05, 3.63) is 30.2 Å². The van der Waals surface area contributed by atoms with Crippen molar-refractivity contribution in [1.82, 2.24) is 24.8 Å². The Bertz CT molecular complexity index is 527. The summed E-state index contributed by atoms with van der Waals surface area (Å²) in [5.74, 6) is 1.04. The van der Waals surface area contributed by atoms with Crippen molar-refractivity contribution < 1.29 is 0 Å². The average molecular weight is 259 g/mol. The lowest BCUT2D eigenvalue weighted by Crippen LogP contribution is -2.41. The zero-order chi connectivity index (χ0) is 13.1. The molecule has 5 heteroatoms. The van der Waals surface area contributed by atoms with Gasteiger partial charge in [0.15, 0.2) is 5.65 Å². The molecule has 1 fully saturated rings. The molecule has 0 saturated carbocycles. The number of hydrogen-bond acceptors (Lipinski definition) is 4. The molecule has 0 amide bonds. The molecule has 102 valence electrons. The molecule has 1 N–H and O–H groups in total. The molecule has 0 bridgehead atoms. The van der Waals surface area contributed by atoms with Gasteiger partial charge in [-0.2, -0.15) is 0 Å². The molecule has 3 heterocycles. The van der Waals surface area contributed by atoms with Crippen LogP contribution in [0.1, 0.15) is 18.7 Å². The quantitative estimate of drug-likeness (QED) is 0.888. The molecule has 5 nitrogen and oxygen atoms in total. The lowest BCUT2D eigenvalue weighted by Gasteiger charge is -2.29. The smallest absolute Gasteiger partial charge is 0.160 e. The Balaban J connectivity index is 1.52. The van der Waals surface area contributed by atoms with E-state index in [0.29, 0.717) is 6.04 Å². The van der Waals surface area contributed by atoms with Gasteiger partial charge in [0.25, 0.3) is 0 Å². The molecule has 0 aliphatic carbocycles. The molecule has 0 atom stereocenters. The summed E-state index contributed by atoms with van der Waals surface area (Å²) >= 11 is 0. The van der Waals surface area contributed by atoms with E-state index in [0.717, 1.165) is 24.4 Å². The van der Waals surface area contributed by atoms with E-state index in [4.69, 9.17) is 0 Å². The second-order valence-electron chi connectivity index (χ2n) is 5.33. The van der Waals surface area contributed by atoms with Gasteiger partial charge in [-0.05, 0) is 45.1 Å². The van der Waals surface area contributed by atoms with Crippen LogP contribution in [0.25, 0.3) is 5.65 Å². The van der Waals surface area contributed by atoms with Crippen molar-refractivity contribution in [3.8, 4) is 0 Å². The predicted octanol–water partition coefficient (Wildman–Crippen LogP) is 0.956. The van der Waals surface area contributed by atoms with E-state index in [1.165, 1.54) is 25.9 Å². The van der Waals surface area contributed by atoms with Gasteiger partial charge in [0.05, 0.1) is 0 Å². The van der Waals surface area contributed by atoms with E-state index >= 15 is 0 Å². The summed E-state index contributed by atoms with van der Waals surface area (Å²) in [5.41, 5.74) is 0.928. The minimum Gasteiger partial charge on any atom is -0.313 e. The Hall–Kier alpha value is -1.46. The highest BCUT2D eigenvalue weighted by molar-refractivity contribution is 5.36. The van der Waals surface area contributed by atoms with Crippen LogP contribution in [0.2, 0.25) is 0 Å². The maximum atomic E-state index is 4.25. The second-order valence-corrected chi connectivity index (χ2v) is 5.33. The van der Waals surface area contributed by atoms with Crippen LogP contribution < -0.4 is 5.32 Å². The van der Waals surface area contributed by atoms with E-state index in [2.05, 4.69) is 31.9 Å². The highest BCUT2D eigenvalue weighted by atomic mass is 15.2. The highest BCUT2D eigenvalue weighted by Crippen LogP contribution is 2.08. The molecule has 0 unspecified atom stereocenters. The topological polar surface area (TPSA) is 45.5 Å². The van der Waals surface area contributed by atoms with Crippen molar-refractivity contribution in [2.24, 2.45) is 0 Å². The normalized spacial score (nSPS) is 18.2. The molecular weight excluding hydrogens is 238 g/mol. The highest BCUT2D eigenvalue weighted by Gasteiger charge is 2.15. The first-order valence-corrected chi connectivity index (χ1v) is 7.03. The first kappa shape index (κ1) is 12.6. The molecule has 0 spiro atoms. The summed E-state index contributed by atoms with van der Waals surface area (Å²) in [6, 6.07) is 6.66. The van der Waals surface area contributed by atoms with E-state index in [1.54, 1.807) is 0 Å². The van der Waals surface area contributed by atoms with Crippen LogP contribution >= 0.6 is 0 Å². The van der Waals surface area contributed by atoms with Gasteiger partial charge in [-0.15, -0.1) is 10.2 Å². The monoisotopic (exact) mass is 259 g/mol. The number of nitrogens with one attached hydrogen (secondary N) is 1. The standard InChI is InChI=1S/C14H21N5/c1-18-10-6-12(7-11-18)15-8-5-14-17-16-13-4-2-3-9-19(13)14/h2-4,9,12,15H,5-8,10-11H2,1H3. The van der Waals surface area contributed by atoms with Crippen molar-refractivity contribution in [2.75, 3.05) is 26.7 Å². The third-order valence-electron chi connectivity index (χ3n) is 3.88. The summed E-state index contributed by atoms with van der Waals surface area (Å²) in [4.78, 5) is 2.39. The van der Waals surface area contributed by atoms with Crippen LogP contribution in [-0.2, 0) is 6.42 Å². The second kappa shape index (κ2) is 5.67. The van der Waals surface area contributed by atoms with Crippen LogP contribution in [0, 0.1) is 0 Å². The molecule has 1 aliphatic heterocycles. The number of hydrogen-bond donors (Lipinski definition) is 1. The summed E-state index contributed by atoms with van der Waals surface area (Å²) in [6.07, 6.45) is 5.45. The van der Waals surface area contributed by atoms with Crippen LogP contribution in [-0.4, -0.2) is 52.2 Å². The van der Waals surface area contributed by atoms with Gasteiger partial charge in [-0.3, -0.25) is 4.40 Å². The lowest BCUT2D eigenvalue weighted by molar-refractivity contribution is 0.235. The summed E-state index contributed by atoms with van der Waals surface area (Å²) in [6.45, 7) is 3.38. The van der Waals surface area contributed by atoms with Crippen LogP contribution in [0.4, 0.5) is 0 Å². The van der Waals surface area contributed by atoms with E-state index in [9.17, 15) is 0 Å². The third-order valence-corrected chi connectivity index (χ3v) is 3.88. The van der Waals surface area contributed by atoms with Crippen molar-refractivity contribution >= 4 is 5.65 Å². The Morgan fingerprint density at radius 2 is 2.11 bits per heavy atom. The lowest BCUT2D eigenvalue weighted by atomic mass is 10.1. The number of likely N-dealkylation sites (tertiary alicyclic amines) is 1. The van der Waals surface area contributed by atoms with Crippen molar-refractivity contribution in [1.29, 1.82) is 0 Å². The van der Waals surface area contributed by atoms with E-state index < -0.39 is 0 Å². The number of aromatic nitrogens is 3. The Morgan fingerprint density at radius 3 is 2.95 bits per heavy atom. The first-order valence-electron chi connectivity index (χ1n) is 7.03. The molecule has 2 aromatic rings. The number of piperidine rings is 1. The molecule has 1 aliphatic rings. The van der Waals surface area contributed by atoms with Gasteiger partial charge in [0.2, 0.25) is 0 Å². The predicted molar refractivity (Wildman–Crippen MR) is 75.2 cm³/mol. The minimum absolute atomic E-state index is 0.662. The number of pyridine rings is 1. The SMILES string of the molecule is CN1CCC(NCCc2nnc3ccccn23)CC1. The maximum absolute atomic E-state index is 4.25. The summed E-state index contributed by atoms with van der Waals surface area (Å²) in [7, 11) is 2.19. The maximum Gasteiger partial charge on any atom is 0.160 e. The fourth-order valence-corrected chi connectivity index (χ4v) is 2.66. The summed E-state index contributed by atoms with van der Waals surface area (Å²) in [5, 5.41) is 12.1. The van der Waals surface area contributed by atoms with Gasteiger partial charge in [-0.1, -0.05) is 6.07 Å². The molecule has 0 aromatic carbocycles. The van der Waals surface area contributed by atoms with Crippen molar-refractivity contribution in [3.63, 3.8) is 0 Å². The molecule has 19 heavy (non-hydrogen) atoms. The van der Waals surface area contributed by atoms with Gasteiger partial charge in [0.1, 0.15) is 5.82 Å². The van der Waals surface area contributed by atoms with Gasteiger partial charge < -0.3 is 10.2 Å². The van der Waals surface area contributed by atoms with E-state index in [-0.39, 0.29) is 0 Å². The Labute approximate surface area is 113 Å². The number of rotatable bonds is 4. The van der Waals surface area contributed by atoms with Crippen LogP contribution in [0.15, 0.2) is 24.4 Å². The molecular formula is C14H21N5. The zero-order valence-corrected chi connectivity index (χ0v) is 11.4. The van der Waals surface area contributed by atoms with Crippen molar-refractivity contribution in [2.45, 2.75) is 25.3 Å².